The lowest BCUT2D eigenvalue weighted by molar-refractivity contribution is -0.655. The topological polar surface area (TPSA) is 29.1 Å². The van der Waals surface area contributed by atoms with Crippen LogP contribution in [0.3, 0.4) is 0 Å². The summed E-state index contributed by atoms with van der Waals surface area (Å²) in [5.74, 6) is 0.981. The maximum Gasteiger partial charge on any atom is 0.142 e. The quantitative estimate of drug-likeness (QED) is 0.720. The van der Waals surface area contributed by atoms with Gasteiger partial charge in [-0.3, -0.25) is 0 Å². The number of piperazine rings is 1. The van der Waals surface area contributed by atoms with Crippen LogP contribution in [-0.2, 0) is 0 Å². The first-order valence-electron chi connectivity index (χ1n) is 5.11. The van der Waals surface area contributed by atoms with Crippen LogP contribution in [0.5, 0.6) is 5.75 Å². The van der Waals surface area contributed by atoms with Crippen molar-refractivity contribution in [1.29, 1.82) is 0 Å². The third-order valence-electron chi connectivity index (χ3n) is 2.63. The van der Waals surface area contributed by atoms with Gasteiger partial charge in [0.1, 0.15) is 5.75 Å². The lowest BCUT2D eigenvalue weighted by Crippen LogP contribution is -2.89. The first-order valence-corrected chi connectivity index (χ1v) is 5.11. The Hall–Kier alpha value is -1.22. The summed E-state index contributed by atoms with van der Waals surface area (Å²) >= 11 is 0. The van der Waals surface area contributed by atoms with E-state index in [0.29, 0.717) is 0 Å². The van der Waals surface area contributed by atoms with Crippen molar-refractivity contribution in [3.05, 3.63) is 24.3 Å². The summed E-state index contributed by atoms with van der Waals surface area (Å²) in [4.78, 5) is 2.39. The molecule has 0 aliphatic carbocycles. The number of nitrogens with zero attached hydrogens (tertiary/aromatic N) is 1. The van der Waals surface area contributed by atoms with Gasteiger partial charge in [0.05, 0.1) is 39.0 Å². The number of benzene rings is 1. The lowest BCUT2D eigenvalue weighted by Gasteiger charge is -2.28. The zero-order valence-electron chi connectivity index (χ0n) is 8.57. The molecule has 0 unspecified atom stereocenters. The molecule has 0 saturated carbocycles. The van der Waals surface area contributed by atoms with Crippen LogP contribution in [0, 0.1) is 0 Å². The highest BCUT2D eigenvalue weighted by Crippen LogP contribution is 2.27. The number of methoxy groups -OCH3 is 1. The molecule has 1 aliphatic rings. The van der Waals surface area contributed by atoms with E-state index in [4.69, 9.17) is 4.74 Å². The molecular formula is C11H17N2O+. The predicted molar refractivity (Wildman–Crippen MR) is 56.9 cm³/mol. The van der Waals surface area contributed by atoms with E-state index in [2.05, 4.69) is 22.3 Å². The van der Waals surface area contributed by atoms with Crippen LogP contribution in [-0.4, -0.2) is 33.3 Å². The van der Waals surface area contributed by atoms with Crippen LogP contribution in [0.25, 0.3) is 0 Å². The maximum atomic E-state index is 5.35. The van der Waals surface area contributed by atoms with Gasteiger partial charge in [0.15, 0.2) is 0 Å². The van der Waals surface area contributed by atoms with Gasteiger partial charge in [-0.15, -0.1) is 0 Å². The number of quaternary nitrogens is 1. The van der Waals surface area contributed by atoms with Gasteiger partial charge >= 0.3 is 0 Å². The van der Waals surface area contributed by atoms with Gasteiger partial charge in [0.2, 0.25) is 0 Å². The molecule has 2 rings (SSSR count). The minimum Gasteiger partial charge on any atom is -0.495 e. The number of hydrogen-bond donors (Lipinski definition) is 1. The molecule has 76 valence electrons. The van der Waals surface area contributed by atoms with Crippen LogP contribution in [0.4, 0.5) is 5.69 Å². The second-order valence-corrected chi connectivity index (χ2v) is 3.52. The monoisotopic (exact) mass is 193 g/mol. The molecule has 0 spiro atoms. The minimum absolute atomic E-state index is 0.981. The molecule has 1 aliphatic heterocycles. The SMILES string of the molecule is COc1ccccc1N1CC[NH2+]CC1. The highest BCUT2D eigenvalue weighted by atomic mass is 16.5. The molecule has 0 amide bonds. The first kappa shape index (κ1) is 9.34. The molecular weight excluding hydrogens is 176 g/mol. The molecule has 1 saturated heterocycles. The van der Waals surface area contributed by atoms with Gasteiger partial charge in [-0.25, -0.2) is 0 Å². The molecule has 0 aromatic heterocycles. The Morgan fingerprint density at radius 2 is 1.93 bits per heavy atom. The standard InChI is InChI=1S/C11H16N2O/c1-14-11-5-3-2-4-10(11)13-8-6-12-7-9-13/h2-5,12H,6-9H2,1H3/p+1. The Balaban J connectivity index is 2.20. The molecule has 1 aromatic rings. The Labute approximate surface area is 84.7 Å². The number of rotatable bonds is 2. The molecule has 14 heavy (non-hydrogen) atoms. The summed E-state index contributed by atoms with van der Waals surface area (Å²) in [5, 5.41) is 2.35. The van der Waals surface area contributed by atoms with Crippen molar-refractivity contribution >= 4 is 5.69 Å². The van der Waals surface area contributed by atoms with E-state index in [1.165, 1.54) is 18.8 Å². The summed E-state index contributed by atoms with van der Waals surface area (Å²) in [6, 6.07) is 8.23. The summed E-state index contributed by atoms with van der Waals surface area (Å²) in [5.41, 5.74) is 1.23. The summed E-state index contributed by atoms with van der Waals surface area (Å²) < 4.78 is 5.35. The number of anilines is 1. The second-order valence-electron chi connectivity index (χ2n) is 3.52. The fourth-order valence-electron chi connectivity index (χ4n) is 1.88. The van der Waals surface area contributed by atoms with Gasteiger partial charge in [0, 0.05) is 0 Å². The van der Waals surface area contributed by atoms with E-state index in [-0.39, 0.29) is 0 Å². The van der Waals surface area contributed by atoms with Crippen LogP contribution >= 0.6 is 0 Å². The average Bonchev–Trinajstić information content (AvgIpc) is 2.30. The average molecular weight is 193 g/mol. The smallest absolute Gasteiger partial charge is 0.142 e. The fraction of sp³-hybridized carbons (Fsp3) is 0.455. The highest BCUT2D eigenvalue weighted by Gasteiger charge is 2.15. The van der Waals surface area contributed by atoms with E-state index in [1.54, 1.807) is 7.11 Å². The van der Waals surface area contributed by atoms with E-state index >= 15 is 0 Å². The van der Waals surface area contributed by atoms with E-state index in [1.807, 2.05) is 12.1 Å². The highest BCUT2D eigenvalue weighted by molar-refractivity contribution is 5.58. The third-order valence-corrected chi connectivity index (χ3v) is 2.63. The van der Waals surface area contributed by atoms with Crippen molar-refractivity contribution < 1.29 is 10.1 Å². The predicted octanol–water partition coefficient (Wildman–Crippen LogP) is 0.0786. The molecule has 3 nitrogen and oxygen atoms in total. The van der Waals surface area contributed by atoms with Gasteiger partial charge in [0.25, 0.3) is 0 Å². The van der Waals surface area contributed by atoms with Crippen molar-refractivity contribution in [1.82, 2.24) is 0 Å². The van der Waals surface area contributed by atoms with Gasteiger partial charge in [-0.1, -0.05) is 12.1 Å². The van der Waals surface area contributed by atoms with Crippen LogP contribution in [0.2, 0.25) is 0 Å². The zero-order chi connectivity index (χ0) is 9.80. The number of ether oxygens (including phenoxy) is 1. The van der Waals surface area contributed by atoms with Crippen LogP contribution in [0.1, 0.15) is 0 Å². The minimum atomic E-state index is 0.981. The number of nitrogens with two attached hydrogens (primary N) is 1. The summed E-state index contributed by atoms with van der Waals surface area (Å²) in [6.07, 6.45) is 0. The van der Waals surface area contributed by atoms with E-state index in [9.17, 15) is 0 Å². The van der Waals surface area contributed by atoms with Crippen molar-refractivity contribution in [2.75, 3.05) is 38.2 Å². The lowest BCUT2D eigenvalue weighted by atomic mass is 10.2. The summed E-state index contributed by atoms with van der Waals surface area (Å²) in [7, 11) is 1.73. The van der Waals surface area contributed by atoms with Gasteiger partial charge in [-0.05, 0) is 12.1 Å². The second kappa shape index (κ2) is 4.33. The van der Waals surface area contributed by atoms with Crippen molar-refractivity contribution in [3.8, 4) is 5.75 Å². The first-order chi connectivity index (χ1) is 6.92. The number of para-hydroxylation sites is 2. The van der Waals surface area contributed by atoms with Gasteiger partial charge in [-0.2, -0.15) is 0 Å². The Morgan fingerprint density at radius 3 is 2.64 bits per heavy atom. The molecule has 0 atom stereocenters. The zero-order valence-corrected chi connectivity index (χ0v) is 8.57. The Bertz CT molecular complexity index is 295. The van der Waals surface area contributed by atoms with Crippen molar-refractivity contribution in [3.63, 3.8) is 0 Å². The molecule has 3 heteroatoms. The Kier molecular flexibility index (Phi) is 2.89. The van der Waals surface area contributed by atoms with Crippen molar-refractivity contribution in [2.24, 2.45) is 0 Å². The molecule has 2 N–H and O–H groups in total. The van der Waals surface area contributed by atoms with E-state index < -0.39 is 0 Å². The van der Waals surface area contributed by atoms with Crippen molar-refractivity contribution in [2.45, 2.75) is 0 Å². The van der Waals surface area contributed by atoms with E-state index in [0.717, 1.165) is 18.8 Å². The molecule has 0 bridgehead atoms. The molecule has 1 heterocycles. The maximum absolute atomic E-state index is 5.35. The fourth-order valence-corrected chi connectivity index (χ4v) is 1.88. The normalized spacial score (nSPS) is 16.8. The molecule has 0 radical (unpaired) electrons. The van der Waals surface area contributed by atoms with Crippen LogP contribution in [0.15, 0.2) is 24.3 Å². The number of hydrogen-bond acceptors (Lipinski definition) is 2. The third kappa shape index (κ3) is 1.82. The Morgan fingerprint density at radius 1 is 1.21 bits per heavy atom. The largest absolute Gasteiger partial charge is 0.495 e. The summed E-state index contributed by atoms with van der Waals surface area (Å²) in [6.45, 7) is 4.58. The van der Waals surface area contributed by atoms with Gasteiger partial charge < -0.3 is 15.0 Å². The molecule has 1 fully saturated rings. The van der Waals surface area contributed by atoms with Crippen LogP contribution < -0.4 is 15.0 Å². The molecule has 1 aromatic carbocycles.